The van der Waals surface area contributed by atoms with Gasteiger partial charge in [-0.05, 0) is 80.5 Å². The van der Waals surface area contributed by atoms with Crippen molar-refractivity contribution in [2.45, 2.75) is 51.7 Å². The number of nitrogen functional groups attached to an aromatic ring is 1. The summed E-state index contributed by atoms with van der Waals surface area (Å²) in [6.45, 7) is 3.70. The molecule has 1 amide bonds. The number of fused-ring (bicyclic) bond motifs is 9. The molecule has 3 aliphatic rings. The van der Waals surface area contributed by atoms with Gasteiger partial charge in [0.25, 0.3) is 5.91 Å². The standard InChI is InChI=1S/C28H33N5O3/c1-18-11-13-35-17-20-14-21(7-9-26(20)36-22-4-2-3-5-22)32-28-30-12-10-25(33-28)23-8-6-19(15-24(23)29)27(34)31-16-18/h6-10,12,14-15,18,22H,2-5,11,13,16-17,29H2,1H3,(H,31,34)(H,30,32,33). The fourth-order valence-electron chi connectivity index (χ4n) is 4.64. The van der Waals surface area contributed by atoms with Crippen LogP contribution in [0.4, 0.5) is 17.3 Å². The van der Waals surface area contributed by atoms with Crippen molar-refractivity contribution in [3.05, 3.63) is 59.8 Å². The second kappa shape index (κ2) is 11.0. The molecule has 6 bridgehead atoms. The zero-order valence-electron chi connectivity index (χ0n) is 20.6. The predicted molar refractivity (Wildman–Crippen MR) is 140 cm³/mol. The summed E-state index contributed by atoms with van der Waals surface area (Å²) in [5, 5.41) is 6.31. The number of hydrogen-bond donors (Lipinski definition) is 3. The van der Waals surface area contributed by atoms with E-state index >= 15 is 0 Å². The van der Waals surface area contributed by atoms with Crippen molar-refractivity contribution in [3.63, 3.8) is 0 Å². The highest BCUT2D eigenvalue weighted by atomic mass is 16.5. The number of benzene rings is 2. The van der Waals surface area contributed by atoms with Gasteiger partial charge in [0.15, 0.2) is 0 Å². The Kier molecular flexibility index (Phi) is 7.32. The lowest BCUT2D eigenvalue weighted by Crippen LogP contribution is -2.28. The molecule has 188 valence electrons. The van der Waals surface area contributed by atoms with Crippen LogP contribution in [0.15, 0.2) is 48.7 Å². The maximum absolute atomic E-state index is 12.7. The van der Waals surface area contributed by atoms with Gasteiger partial charge in [-0.2, -0.15) is 0 Å². The Morgan fingerprint density at radius 3 is 2.78 bits per heavy atom. The second-order valence-corrected chi connectivity index (χ2v) is 9.70. The number of rotatable bonds is 2. The number of anilines is 3. The molecule has 1 aromatic heterocycles. The zero-order valence-corrected chi connectivity index (χ0v) is 20.6. The van der Waals surface area contributed by atoms with Crippen LogP contribution in [0.5, 0.6) is 5.75 Å². The average Bonchev–Trinajstić information content (AvgIpc) is 3.39. The highest BCUT2D eigenvalue weighted by molar-refractivity contribution is 5.96. The Hall–Kier alpha value is -3.65. The van der Waals surface area contributed by atoms with Crippen molar-refractivity contribution in [1.29, 1.82) is 0 Å². The molecule has 1 unspecified atom stereocenters. The maximum Gasteiger partial charge on any atom is 0.251 e. The van der Waals surface area contributed by atoms with Crippen LogP contribution in [0.2, 0.25) is 0 Å². The van der Waals surface area contributed by atoms with Gasteiger partial charge in [0.05, 0.1) is 18.4 Å². The topological polar surface area (TPSA) is 111 Å². The third kappa shape index (κ3) is 5.76. The number of ether oxygens (including phenoxy) is 2. The van der Waals surface area contributed by atoms with Gasteiger partial charge in [-0.3, -0.25) is 4.79 Å². The monoisotopic (exact) mass is 487 g/mol. The van der Waals surface area contributed by atoms with Crippen LogP contribution >= 0.6 is 0 Å². The quantitative estimate of drug-likeness (QED) is 0.432. The average molecular weight is 488 g/mol. The van der Waals surface area contributed by atoms with E-state index in [-0.39, 0.29) is 17.9 Å². The third-order valence-corrected chi connectivity index (χ3v) is 6.78. The molecular formula is C28H33N5O3. The molecule has 1 fully saturated rings. The van der Waals surface area contributed by atoms with E-state index < -0.39 is 0 Å². The summed E-state index contributed by atoms with van der Waals surface area (Å²) in [5.74, 6) is 1.44. The molecule has 1 aliphatic carbocycles. The summed E-state index contributed by atoms with van der Waals surface area (Å²) >= 11 is 0. The summed E-state index contributed by atoms with van der Waals surface area (Å²) in [4.78, 5) is 21.7. The number of carbonyl (C=O) groups excluding carboxylic acids is 1. The summed E-state index contributed by atoms with van der Waals surface area (Å²) in [7, 11) is 0. The van der Waals surface area contributed by atoms with E-state index in [4.69, 9.17) is 15.2 Å². The Morgan fingerprint density at radius 2 is 1.94 bits per heavy atom. The van der Waals surface area contributed by atoms with E-state index in [9.17, 15) is 4.79 Å². The predicted octanol–water partition coefficient (Wildman–Crippen LogP) is 5.08. The molecule has 0 spiro atoms. The summed E-state index contributed by atoms with van der Waals surface area (Å²) in [5.41, 5.74) is 10.6. The van der Waals surface area contributed by atoms with E-state index in [1.165, 1.54) is 12.8 Å². The van der Waals surface area contributed by atoms with Crippen LogP contribution in [-0.4, -0.2) is 35.1 Å². The van der Waals surface area contributed by atoms with Gasteiger partial charge in [-0.15, -0.1) is 0 Å². The number of hydrogen-bond acceptors (Lipinski definition) is 7. The van der Waals surface area contributed by atoms with Crippen LogP contribution in [0.3, 0.4) is 0 Å². The number of aromatic nitrogens is 2. The number of carbonyl (C=O) groups is 1. The minimum Gasteiger partial charge on any atom is -0.490 e. The van der Waals surface area contributed by atoms with E-state index in [1.807, 2.05) is 24.3 Å². The van der Waals surface area contributed by atoms with Crippen LogP contribution in [0.25, 0.3) is 11.3 Å². The van der Waals surface area contributed by atoms with Gasteiger partial charge in [0.2, 0.25) is 5.95 Å². The molecule has 6 rings (SSSR count). The summed E-state index contributed by atoms with van der Waals surface area (Å²) in [6.07, 6.45) is 7.39. The zero-order chi connectivity index (χ0) is 24.9. The molecule has 2 aliphatic heterocycles. The molecule has 1 atom stereocenters. The van der Waals surface area contributed by atoms with Gasteiger partial charge in [-0.25, -0.2) is 9.97 Å². The molecule has 8 nitrogen and oxygen atoms in total. The van der Waals surface area contributed by atoms with Gasteiger partial charge in [0, 0.05) is 47.4 Å². The van der Waals surface area contributed by atoms with Crippen LogP contribution in [0, 0.1) is 5.92 Å². The Balaban J connectivity index is 1.46. The minimum absolute atomic E-state index is 0.145. The SMILES string of the molecule is CC1CCOCc2cc(ccc2OC2CCCC2)Nc2nccc(n2)-c2ccc(cc2N)C(=O)NC1. The van der Waals surface area contributed by atoms with Crippen molar-refractivity contribution in [2.75, 3.05) is 24.2 Å². The smallest absolute Gasteiger partial charge is 0.251 e. The lowest BCUT2D eigenvalue weighted by atomic mass is 10.0. The normalized spacial score (nSPS) is 19.0. The van der Waals surface area contributed by atoms with Gasteiger partial charge < -0.3 is 25.8 Å². The first-order valence-electron chi connectivity index (χ1n) is 12.7. The molecule has 0 radical (unpaired) electrons. The number of nitrogens with two attached hydrogens (primary N) is 1. The Labute approximate surface area is 211 Å². The summed E-state index contributed by atoms with van der Waals surface area (Å²) < 4.78 is 12.4. The van der Waals surface area contributed by atoms with Gasteiger partial charge in [-0.1, -0.05) is 6.92 Å². The highest BCUT2D eigenvalue weighted by Crippen LogP contribution is 2.31. The van der Waals surface area contributed by atoms with Crippen molar-refractivity contribution in [3.8, 4) is 17.0 Å². The minimum atomic E-state index is -0.145. The second-order valence-electron chi connectivity index (χ2n) is 9.70. The summed E-state index contributed by atoms with van der Waals surface area (Å²) in [6, 6.07) is 13.1. The van der Waals surface area contributed by atoms with E-state index in [0.29, 0.717) is 42.7 Å². The molecule has 8 heteroatoms. The molecule has 36 heavy (non-hydrogen) atoms. The molecule has 0 saturated heterocycles. The van der Waals surface area contributed by atoms with Crippen molar-refractivity contribution in [2.24, 2.45) is 5.92 Å². The lowest BCUT2D eigenvalue weighted by Gasteiger charge is -2.18. The lowest BCUT2D eigenvalue weighted by molar-refractivity contribution is 0.0921. The molecule has 4 N–H and O–H groups in total. The molecular weight excluding hydrogens is 454 g/mol. The van der Waals surface area contributed by atoms with Crippen LogP contribution < -0.4 is 21.1 Å². The van der Waals surface area contributed by atoms with E-state index in [0.717, 1.165) is 41.8 Å². The van der Waals surface area contributed by atoms with Crippen molar-refractivity contribution < 1.29 is 14.3 Å². The first-order valence-corrected chi connectivity index (χ1v) is 12.7. The van der Waals surface area contributed by atoms with Crippen LogP contribution in [-0.2, 0) is 11.3 Å². The Morgan fingerprint density at radius 1 is 1.08 bits per heavy atom. The number of amides is 1. The Bertz CT molecular complexity index is 1230. The van der Waals surface area contributed by atoms with Crippen molar-refractivity contribution in [1.82, 2.24) is 15.3 Å². The van der Waals surface area contributed by atoms with Crippen molar-refractivity contribution >= 4 is 23.2 Å². The van der Waals surface area contributed by atoms with Gasteiger partial charge in [0.1, 0.15) is 5.75 Å². The fourth-order valence-corrected chi connectivity index (χ4v) is 4.64. The number of nitrogens with one attached hydrogen (secondary N) is 2. The maximum atomic E-state index is 12.7. The molecule has 3 heterocycles. The first-order chi connectivity index (χ1) is 17.5. The number of nitrogens with zero attached hydrogens (tertiary/aromatic N) is 2. The third-order valence-electron chi connectivity index (χ3n) is 6.78. The largest absolute Gasteiger partial charge is 0.490 e. The first kappa shape index (κ1) is 24.1. The fraction of sp³-hybridized carbons (Fsp3) is 0.393. The van der Waals surface area contributed by atoms with Gasteiger partial charge >= 0.3 is 0 Å². The molecule has 2 aromatic carbocycles. The molecule has 1 saturated carbocycles. The molecule has 3 aromatic rings. The van der Waals surface area contributed by atoms with Crippen LogP contribution in [0.1, 0.15) is 54.9 Å². The van der Waals surface area contributed by atoms with E-state index in [1.54, 1.807) is 24.4 Å². The highest BCUT2D eigenvalue weighted by Gasteiger charge is 2.19. The van der Waals surface area contributed by atoms with E-state index in [2.05, 4.69) is 27.5 Å².